The van der Waals surface area contributed by atoms with Crippen LogP contribution in [0.15, 0.2) is 24.3 Å². The van der Waals surface area contributed by atoms with Crippen molar-refractivity contribution in [2.24, 2.45) is 0 Å². The van der Waals surface area contributed by atoms with Gasteiger partial charge < -0.3 is 15.0 Å². The molecule has 1 fully saturated rings. The van der Waals surface area contributed by atoms with Gasteiger partial charge >= 0.3 is 6.09 Å². The average Bonchev–Trinajstić information content (AvgIpc) is 2.95. The van der Waals surface area contributed by atoms with Crippen LogP contribution in [0, 0.1) is 12.7 Å². The summed E-state index contributed by atoms with van der Waals surface area (Å²) in [6.07, 6.45) is 0.513. The molecule has 2 heterocycles. The van der Waals surface area contributed by atoms with Crippen molar-refractivity contribution in [1.82, 2.24) is 9.88 Å². The minimum atomic E-state index is -0.314. The van der Waals surface area contributed by atoms with E-state index < -0.39 is 0 Å². The summed E-state index contributed by atoms with van der Waals surface area (Å²) >= 11 is 0. The van der Waals surface area contributed by atoms with E-state index in [1.165, 1.54) is 19.2 Å². The van der Waals surface area contributed by atoms with Crippen LogP contribution in [-0.4, -0.2) is 42.2 Å². The van der Waals surface area contributed by atoms with Crippen LogP contribution in [-0.2, 0) is 4.74 Å². The fraction of sp³-hybridized carbons (Fsp3) is 0.375. The molecule has 5 nitrogen and oxygen atoms in total. The lowest BCUT2D eigenvalue weighted by Gasteiger charge is -2.18. The maximum absolute atomic E-state index is 13.5. The standard InChI is InChI=1S/C16H18FN3O2/c1-10-7-15(13-8-11(17)3-4-14(13)18-10)19-12-5-6-20(9-12)16(21)22-2/h3-4,7-8,12H,5-6,9H2,1-2H3,(H,18,19). The molecule has 1 amide bonds. The van der Waals surface area contributed by atoms with Crippen molar-refractivity contribution in [3.8, 4) is 0 Å². The summed E-state index contributed by atoms with van der Waals surface area (Å²) < 4.78 is 18.3. The first kappa shape index (κ1) is 14.6. The molecule has 22 heavy (non-hydrogen) atoms. The molecule has 0 radical (unpaired) electrons. The maximum Gasteiger partial charge on any atom is 0.409 e. The number of nitrogens with one attached hydrogen (secondary N) is 1. The van der Waals surface area contributed by atoms with Crippen LogP contribution >= 0.6 is 0 Å². The molecule has 1 aliphatic rings. The number of aromatic nitrogens is 1. The first-order valence-electron chi connectivity index (χ1n) is 7.23. The van der Waals surface area contributed by atoms with Crippen LogP contribution in [0.25, 0.3) is 10.9 Å². The van der Waals surface area contributed by atoms with Gasteiger partial charge in [-0.05, 0) is 37.6 Å². The number of pyridine rings is 1. The van der Waals surface area contributed by atoms with Gasteiger partial charge in [0.15, 0.2) is 0 Å². The van der Waals surface area contributed by atoms with Crippen LogP contribution in [0.4, 0.5) is 14.9 Å². The molecule has 1 aromatic heterocycles. The van der Waals surface area contributed by atoms with Crippen molar-refractivity contribution >= 4 is 22.7 Å². The van der Waals surface area contributed by atoms with E-state index >= 15 is 0 Å². The Balaban J connectivity index is 1.85. The zero-order valence-electron chi connectivity index (χ0n) is 12.6. The monoisotopic (exact) mass is 303 g/mol. The van der Waals surface area contributed by atoms with Gasteiger partial charge in [-0.3, -0.25) is 4.98 Å². The molecule has 1 N–H and O–H groups in total. The lowest BCUT2D eigenvalue weighted by molar-refractivity contribution is 0.133. The van der Waals surface area contributed by atoms with Gasteiger partial charge in [0, 0.05) is 35.9 Å². The molecule has 1 atom stereocenters. The predicted molar refractivity (Wildman–Crippen MR) is 82.4 cm³/mol. The number of anilines is 1. The number of methoxy groups -OCH3 is 1. The number of carbonyl (C=O) groups is 1. The Kier molecular flexibility index (Phi) is 3.83. The van der Waals surface area contributed by atoms with E-state index in [2.05, 4.69) is 10.3 Å². The number of aryl methyl sites for hydroxylation is 1. The van der Waals surface area contributed by atoms with Gasteiger partial charge in [-0.15, -0.1) is 0 Å². The lowest BCUT2D eigenvalue weighted by Crippen LogP contribution is -2.31. The molecule has 3 rings (SSSR count). The molecular weight excluding hydrogens is 285 g/mol. The van der Waals surface area contributed by atoms with E-state index in [0.29, 0.717) is 13.1 Å². The summed E-state index contributed by atoms with van der Waals surface area (Å²) in [6, 6.07) is 6.60. The summed E-state index contributed by atoms with van der Waals surface area (Å²) in [5, 5.41) is 4.16. The Morgan fingerprint density at radius 3 is 3.05 bits per heavy atom. The van der Waals surface area contributed by atoms with Crippen LogP contribution in [0.1, 0.15) is 12.1 Å². The van der Waals surface area contributed by atoms with Crippen LogP contribution in [0.2, 0.25) is 0 Å². The van der Waals surface area contributed by atoms with Gasteiger partial charge in [0.1, 0.15) is 5.82 Å². The molecule has 0 saturated carbocycles. The number of benzene rings is 1. The van der Waals surface area contributed by atoms with E-state index in [9.17, 15) is 9.18 Å². The number of likely N-dealkylation sites (tertiary alicyclic amines) is 1. The van der Waals surface area contributed by atoms with Gasteiger partial charge in [-0.2, -0.15) is 0 Å². The second kappa shape index (κ2) is 5.79. The van der Waals surface area contributed by atoms with Gasteiger partial charge in [-0.25, -0.2) is 9.18 Å². The molecular formula is C16H18FN3O2. The highest BCUT2D eigenvalue weighted by Gasteiger charge is 2.27. The summed E-state index contributed by atoms with van der Waals surface area (Å²) in [5.41, 5.74) is 2.47. The molecule has 1 aromatic carbocycles. The molecule has 116 valence electrons. The number of carbonyl (C=O) groups excluding carboxylic acids is 1. The minimum Gasteiger partial charge on any atom is -0.453 e. The van der Waals surface area contributed by atoms with Gasteiger partial charge in [0.05, 0.1) is 12.6 Å². The molecule has 6 heteroatoms. The van der Waals surface area contributed by atoms with Gasteiger partial charge in [0.25, 0.3) is 0 Å². The van der Waals surface area contributed by atoms with Crippen molar-refractivity contribution in [3.05, 3.63) is 35.8 Å². The van der Waals surface area contributed by atoms with Crippen molar-refractivity contribution < 1.29 is 13.9 Å². The normalized spacial score (nSPS) is 17.8. The first-order valence-corrected chi connectivity index (χ1v) is 7.23. The van der Waals surface area contributed by atoms with Crippen LogP contribution in [0.3, 0.4) is 0 Å². The highest BCUT2D eigenvalue weighted by Crippen LogP contribution is 2.26. The highest BCUT2D eigenvalue weighted by molar-refractivity contribution is 5.91. The summed E-state index contributed by atoms with van der Waals surface area (Å²) in [4.78, 5) is 17.6. The zero-order chi connectivity index (χ0) is 15.7. The number of hydrogen-bond donors (Lipinski definition) is 1. The van der Waals surface area contributed by atoms with E-state index in [4.69, 9.17) is 4.74 Å². The fourth-order valence-corrected chi connectivity index (χ4v) is 2.84. The number of nitrogens with zero attached hydrogens (tertiary/aromatic N) is 2. The second-order valence-electron chi connectivity index (χ2n) is 5.52. The van der Waals surface area contributed by atoms with Crippen LogP contribution in [0.5, 0.6) is 0 Å². The quantitative estimate of drug-likeness (QED) is 0.927. The minimum absolute atomic E-state index is 0.118. The Hall–Kier alpha value is -2.37. The predicted octanol–water partition coefficient (Wildman–Crippen LogP) is 2.93. The number of ether oxygens (including phenoxy) is 1. The average molecular weight is 303 g/mol. The maximum atomic E-state index is 13.5. The molecule has 2 aromatic rings. The van der Waals surface area contributed by atoms with Crippen molar-refractivity contribution in [2.45, 2.75) is 19.4 Å². The molecule has 0 spiro atoms. The van der Waals surface area contributed by atoms with E-state index in [1.54, 1.807) is 11.0 Å². The van der Waals surface area contributed by atoms with Gasteiger partial charge in [-0.1, -0.05) is 0 Å². The lowest BCUT2D eigenvalue weighted by atomic mass is 10.1. The third-order valence-corrected chi connectivity index (χ3v) is 3.88. The Labute approximate surface area is 128 Å². The number of fused-ring (bicyclic) bond motifs is 1. The fourth-order valence-electron chi connectivity index (χ4n) is 2.84. The summed E-state index contributed by atoms with van der Waals surface area (Å²) in [5.74, 6) is -0.288. The highest BCUT2D eigenvalue weighted by atomic mass is 19.1. The number of rotatable bonds is 2. The number of hydrogen-bond acceptors (Lipinski definition) is 4. The van der Waals surface area contributed by atoms with Crippen molar-refractivity contribution in [1.29, 1.82) is 0 Å². The van der Waals surface area contributed by atoms with E-state index in [1.807, 2.05) is 13.0 Å². The summed E-state index contributed by atoms with van der Waals surface area (Å²) in [6.45, 7) is 3.13. The first-order chi connectivity index (χ1) is 10.6. The van der Waals surface area contributed by atoms with Crippen molar-refractivity contribution in [3.63, 3.8) is 0 Å². The third kappa shape index (κ3) is 2.81. The topological polar surface area (TPSA) is 54.5 Å². The molecule has 1 unspecified atom stereocenters. The molecule has 1 aliphatic heterocycles. The van der Waals surface area contributed by atoms with Crippen molar-refractivity contribution in [2.75, 3.05) is 25.5 Å². The molecule has 0 aliphatic carbocycles. The number of amides is 1. The Morgan fingerprint density at radius 1 is 1.45 bits per heavy atom. The molecule has 1 saturated heterocycles. The molecule has 0 bridgehead atoms. The number of halogens is 1. The van der Waals surface area contributed by atoms with E-state index in [-0.39, 0.29) is 18.0 Å². The summed E-state index contributed by atoms with van der Waals surface area (Å²) in [7, 11) is 1.38. The Morgan fingerprint density at radius 2 is 2.27 bits per heavy atom. The Bertz CT molecular complexity index is 720. The van der Waals surface area contributed by atoms with Crippen LogP contribution < -0.4 is 5.32 Å². The van der Waals surface area contributed by atoms with E-state index in [0.717, 1.165) is 28.7 Å². The smallest absolute Gasteiger partial charge is 0.409 e. The second-order valence-corrected chi connectivity index (χ2v) is 5.52. The SMILES string of the molecule is COC(=O)N1CCC(Nc2cc(C)nc3ccc(F)cc23)C1. The largest absolute Gasteiger partial charge is 0.453 e. The third-order valence-electron chi connectivity index (χ3n) is 3.88. The van der Waals surface area contributed by atoms with Gasteiger partial charge in [0.2, 0.25) is 0 Å². The zero-order valence-corrected chi connectivity index (χ0v) is 12.6.